The monoisotopic (exact) mass is 290 g/mol. The van der Waals surface area contributed by atoms with Crippen LogP contribution >= 0.6 is 23.1 Å². The van der Waals surface area contributed by atoms with Crippen LogP contribution in [-0.4, -0.2) is 17.8 Å². The molecule has 0 aliphatic carbocycles. The van der Waals surface area contributed by atoms with Gasteiger partial charge in [-0.05, 0) is 23.3 Å². The maximum Gasteiger partial charge on any atom is 0.180 e. The van der Waals surface area contributed by atoms with E-state index in [2.05, 4.69) is 0 Å². The molecule has 0 radical (unpaired) electrons. The molecular formula is C15H14O2S2. The number of carbonyl (C=O) groups excluding carboxylic acids is 2. The first-order valence-electron chi connectivity index (χ1n) is 5.88. The topological polar surface area (TPSA) is 34.1 Å². The molecule has 19 heavy (non-hydrogen) atoms. The molecule has 0 aliphatic rings. The fraction of sp³-hybridized carbons (Fsp3) is 0.200. The number of thiophene rings is 1. The summed E-state index contributed by atoms with van der Waals surface area (Å²) in [6.07, 6.45) is 1.99. The van der Waals surface area contributed by atoms with Gasteiger partial charge in [-0.3, -0.25) is 9.59 Å². The Morgan fingerprint density at radius 3 is 2.42 bits per heavy atom. The van der Waals surface area contributed by atoms with E-state index < -0.39 is 0 Å². The first-order valence-corrected chi connectivity index (χ1v) is 8.16. The van der Waals surface area contributed by atoms with Crippen molar-refractivity contribution in [1.82, 2.24) is 0 Å². The number of carbonyl (C=O) groups is 2. The molecule has 4 heteroatoms. The average molecular weight is 290 g/mol. The van der Waals surface area contributed by atoms with Crippen molar-refractivity contribution >= 4 is 34.7 Å². The number of hydrogen-bond donors (Lipinski definition) is 0. The van der Waals surface area contributed by atoms with Gasteiger partial charge in [-0.1, -0.05) is 30.3 Å². The molecule has 2 aromatic rings. The lowest BCUT2D eigenvalue weighted by molar-refractivity contribution is 0.0896. The highest BCUT2D eigenvalue weighted by Gasteiger charge is 2.14. The van der Waals surface area contributed by atoms with Crippen molar-refractivity contribution in [2.24, 2.45) is 0 Å². The van der Waals surface area contributed by atoms with Gasteiger partial charge in [0, 0.05) is 11.3 Å². The van der Waals surface area contributed by atoms with Gasteiger partial charge in [-0.25, -0.2) is 0 Å². The SMILES string of the molecule is CSCc1ccc(C(=O)CC(=O)c2cccs2)cc1. The second kappa shape index (κ2) is 6.68. The molecule has 1 heterocycles. The lowest BCUT2D eigenvalue weighted by atomic mass is 10.0. The Hall–Kier alpha value is -1.39. The second-order valence-corrected chi connectivity index (χ2v) is 5.94. The van der Waals surface area contributed by atoms with Crippen LogP contribution in [-0.2, 0) is 5.75 Å². The van der Waals surface area contributed by atoms with E-state index in [0.717, 1.165) is 5.75 Å². The van der Waals surface area contributed by atoms with Gasteiger partial charge in [0.1, 0.15) is 0 Å². The van der Waals surface area contributed by atoms with Gasteiger partial charge in [-0.2, -0.15) is 11.8 Å². The second-order valence-electron chi connectivity index (χ2n) is 4.13. The fourth-order valence-electron chi connectivity index (χ4n) is 1.73. The van der Waals surface area contributed by atoms with Crippen molar-refractivity contribution in [3.05, 3.63) is 57.8 Å². The molecule has 0 saturated carbocycles. The van der Waals surface area contributed by atoms with Gasteiger partial charge >= 0.3 is 0 Å². The number of thioether (sulfide) groups is 1. The Bertz CT molecular complexity index is 556. The summed E-state index contributed by atoms with van der Waals surface area (Å²) >= 11 is 3.11. The van der Waals surface area contributed by atoms with Crippen LogP contribution < -0.4 is 0 Å². The van der Waals surface area contributed by atoms with Gasteiger partial charge < -0.3 is 0 Å². The summed E-state index contributed by atoms with van der Waals surface area (Å²) in [5.74, 6) is 0.713. The molecule has 1 aromatic carbocycles. The van der Waals surface area contributed by atoms with Crippen molar-refractivity contribution < 1.29 is 9.59 Å². The van der Waals surface area contributed by atoms with E-state index in [1.165, 1.54) is 16.9 Å². The van der Waals surface area contributed by atoms with Gasteiger partial charge in [0.15, 0.2) is 11.6 Å². The van der Waals surface area contributed by atoms with Crippen LogP contribution in [0.4, 0.5) is 0 Å². The Kier molecular flexibility index (Phi) is 4.93. The number of Topliss-reactive ketones (excluding diaryl/α,β-unsaturated/α-hetero) is 2. The van der Waals surface area contributed by atoms with Crippen molar-refractivity contribution in [2.75, 3.05) is 6.26 Å². The summed E-state index contributed by atoms with van der Waals surface area (Å²) < 4.78 is 0. The molecule has 2 rings (SSSR count). The zero-order valence-corrected chi connectivity index (χ0v) is 12.2. The first kappa shape index (κ1) is 14.0. The lowest BCUT2D eigenvalue weighted by Gasteiger charge is -2.02. The third kappa shape index (κ3) is 3.78. The van der Waals surface area contributed by atoms with Crippen LogP contribution in [0.1, 0.15) is 32.0 Å². The molecule has 98 valence electrons. The molecule has 0 amide bonds. The fourth-order valence-corrected chi connectivity index (χ4v) is 2.92. The number of ketones is 2. The molecule has 0 spiro atoms. The third-order valence-corrected chi connectivity index (χ3v) is 4.24. The van der Waals surface area contributed by atoms with Crippen LogP contribution in [0, 0.1) is 0 Å². The van der Waals surface area contributed by atoms with Gasteiger partial charge in [-0.15, -0.1) is 11.3 Å². The molecule has 0 bridgehead atoms. The highest BCUT2D eigenvalue weighted by atomic mass is 32.2. The van der Waals surface area contributed by atoms with E-state index in [1.807, 2.05) is 29.8 Å². The molecular weight excluding hydrogens is 276 g/mol. The van der Waals surface area contributed by atoms with E-state index in [4.69, 9.17) is 0 Å². The van der Waals surface area contributed by atoms with Crippen LogP contribution in [0.15, 0.2) is 41.8 Å². The average Bonchev–Trinajstić information content (AvgIpc) is 2.94. The predicted molar refractivity (Wildman–Crippen MR) is 81.3 cm³/mol. The van der Waals surface area contributed by atoms with Crippen LogP contribution in [0.2, 0.25) is 0 Å². The van der Waals surface area contributed by atoms with Crippen LogP contribution in [0.5, 0.6) is 0 Å². The van der Waals surface area contributed by atoms with Crippen molar-refractivity contribution in [3.8, 4) is 0 Å². The quantitative estimate of drug-likeness (QED) is 0.594. The highest BCUT2D eigenvalue weighted by Crippen LogP contribution is 2.15. The minimum Gasteiger partial charge on any atom is -0.294 e. The van der Waals surface area contributed by atoms with E-state index in [-0.39, 0.29) is 18.0 Å². The molecule has 2 nitrogen and oxygen atoms in total. The minimum atomic E-state index is -0.117. The standard InChI is InChI=1S/C15H14O2S2/c1-18-10-11-4-6-12(7-5-11)13(16)9-14(17)15-3-2-8-19-15/h2-8H,9-10H2,1H3. The zero-order chi connectivity index (χ0) is 13.7. The molecule has 0 N–H and O–H groups in total. The molecule has 0 aliphatic heterocycles. The molecule has 0 atom stereocenters. The summed E-state index contributed by atoms with van der Waals surface area (Å²) in [5.41, 5.74) is 1.79. The molecule has 0 saturated heterocycles. The Morgan fingerprint density at radius 2 is 1.84 bits per heavy atom. The Balaban J connectivity index is 2.01. The number of hydrogen-bond acceptors (Lipinski definition) is 4. The number of rotatable bonds is 6. The summed E-state index contributed by atoms with van der Waals surface area (Å²) in [4.78, 5) is 24.5. The summed E-state index contributed by atoms with van der Waals surface area (Å²) in [6.45, 7) is 0. The van der Waals surface area contributed by atoms with E-state index in [9.17, 15) is 9.59 Å². The van der Waals surface area contributed by atoms with Crippen LogP contribution in [0.25, 0.3) is 0 Å². The van der Waals surface area contributed by atoms with E-state index in [0.29, 0.717) is 10.4 Å². The largest absolute Gasteiger partial charge is 0.294 e. The zero-order valence-electron chi connectivity index (χ0n) is 10.6. The molecule has 1 aromatic heterocycles. The van der Waals surface area contributed by atoms with Gasteiger partial charge in [0.2, 0.25) is 0 Å². The third-order valence-electron chi connectivity index (χ3n) is 2.70. The van der Waals surface area contributed by atoms with Crippen molar-refractivity contribution in [2.45, 2.75) is 12.2 Å². The maximum absolute atomic E-state index is 12.0. The Labute approximate surface area is 120 Å². The van der Waals surface area contributed by atoms with Gasteiger partial charge in [0.05, 0.1) is 11.3 Å². The van der Waals surface area contributed by atoms with Crippen molar-refractivity contribution in [1.29, 1.82) is 0 Å². The normalized spacial score (nSPS) is 10.4. The summed E-state index contributed by atoms with van der Waals surface area (Å²) in [6, 6.07) is 11.1. The molecule has 0 unspecified atom stereocenters. The highest BCUT2D eigenvalue weighted by molar-refractivity contribution is 7.97. The van der Waals surface area contributed by atoms with E-state index in [1.54, 1.807) is 30.0 Å². The smallest absolute Gasteiger partial charge is 0.180 e. The van der Waals surface area contributed by atoms with E-state index >= 15 is 0 Å². The van der Waals surface area contributed by atoms with Gasteiger partial charge in [0.25, 0.3) is 0 Å². The van der Waals surface area contributed by atoms with Crippen LogP contribution in [0.3, 0.4) is 0 Å². The minimum absolute atomic E-state index is 0.0532. The predicted octanol–water partition coefficient (Wildman–Crippen LogP) is 4.07. The lowest BCUT2D eigenvalue weighted by Crippen LogP contribution is -2.07. The first-order chi connectivity index (χ1) is 9.20. The number of benzene rings is 1. The maximum atomic E-state index is 12.0. The van der Waals surface area contributed by atoms with Crippen molar-refractivity contribution in [3.63, 3.8) is 0 Å². The summed E-state index contributed by atoms with van der Waals surface area (Å²) in [5, 5.41) is 1.84. The summed E-state index contributed by atoms with van der Waals surface area (Å²) in [7, 11) is 0. The Morgan fingerprint density at radius 1 is 1.11 bits per heavy atom. The molecule has 0 fully saturated rings.